The Hall–Kier alpha value is -3.35. The molecule has 7 nitrogen and oxygen atoms in total. The van der Waals surface area contributed by atoms with E-state index in [1.807, 2.05) is 38.1 Å². The number of carbonyl (C=O) groups excluding carboxylic acids is 3. The van der Waals surface area contributed by atoms with Gasteiger partial charge in [-0.1, -0.05) is 29.8 Å². The number of benzene rings is 2. The molecule has 2 fully saturated rings. The first-order valence-electron chi connectivity index (χ1n) is 10.6. The highest BCUT2D eigenvalue weighted by molar-refractivity contribution is 6.07. The summed E-state index contributed by atoms with van der Waals surface area (Å²) in [4.78, 5) is 41.6. The van der Waals surface area contributed by atoms with E-state index in [0.29, 0.717) is 38.1 Å². The molecular weight excluding hydrogens is 394 g/mol. The second-order valence-electron chi connectivity index (χ2n) is 8.14. The fourth-order valence-corrected chi connectivity index (χ4v) is 4.17. The van der Waals surface area contributed by atoms with Crippen LogP contribution in [0.2, 0.25) is 0 Å². The number of piperidine rings is 1. The summed E-state index contributed by atoms with van der Waals surface area (Å²) >= 11 is 0. The highest BCUT2D eigenvalue weighted by Crippen LogP contribution is 2.31. The molecule has 7 heteroatoms. The van der Waals surface area contributed by atoms with Crippen molar-refractivity contribution in [2.45, 2.75) is 38.8 Å². The van der Waals surface area contributed by atoms with E-state index in [9.17, 15) is 14.4 Å². The summed E-state index contributed by atoms with van der Waals surface area (Å²) in [7, 11) is 0. The SMILES string of the molecule is CCOc1ccc(C(=O)N2CCC3(CC2)NC(=O)N(Cc2ccc(C)cc2)C3=O)cc1. The quantitative estimate of drug-likeness (QED) is 0.753. The predicted octanol–water partition coefficient (Wildman–Crippen LogP) is 3.12. The largest absolute Gasteiger partial charge is 0.494 e. The zero-order valence-corrected chi connectivity index (χ0v) is 17.9. The molecule has 1 N–H and O–H groups in total. The van der Waals surface area contributed by atoms with Gasteiger partial charge in [0.15, 0.2) is 0 Å². The first-order chi connectivity index (χ1) is 14.9. The van der Waals surface area contributed by atoms with Crippen LogP contribution >= 0.6 is 0 Å². The molecule has 0 atom stereocenters. The number of carbonyl (C=O) groups is 3. The lowest BCUT2D eigenvalue weighted by atomic mass is 9.87. The van der Waals surface area contributed by atoms with E-state index in [1.165, 1.54) is 4.90 Å². The Balaban J connectivity index is 1.40. The van der Waals surface area contributed by atoms with E-state index in [1.54, 1.807) is 29.2 Å². The number of likely N-dealkylation sites (tertiary alicyclic amines) is 1. The predicted molar refractivity (Wildman–Crippen MR) is 116 cm³/mol. The average molecular weight is 421 g/mol. The number of nitrogens with one attached hydrogen (secondary N) is 1. The summed E-state index contributed by atoms with van der Waals surface area (Å²) < 4.78 is 5.42. The number of imide groups is 1. The molecule has 2 aromatic rings. The lowest BCUT2D eigenvalue weighted by molar-refractivity contribution is -0.133. The Morgan fingerprint density at radius 1 is 1.03 bits per heavy atom. The molecule has 2 aromatic carbocycles. The fourth-order valence-electron chi connectivity index (χ4n) is 4.17. The van der Waals surface area contributed by atoms with Crippen molar-refractivity contribution in [3.63, 3.8) is 0 Å². The van der Waals surface area contributed by atoms with Crippen LogP contribution in [0.4, 0.5) is 4.79 Å². The number of hydrogen-bond donors (Lipinski definition) is 1. The number of nitrogens with zero attached hydrogens (tertiary/aromatic N) is 2. The van der Waals surface area contributed by atoms with Crippen LogP contribution in [0.1, 0.15) is 41.3 Å². The van der Waals surface area contributed by atoms with Crippen LogP contribution in [0.25, 0.3) is 0 Å². The lowest BCUT2D eigenvalue weighted by Gasteiger charge is -2.37. The first-order valence-corrected chi connectivity index (χ1v) is 10.6. The van der Waals surface area contributed by atoms with Gasteiger partial charge in [-0.25, -0.2) is 4.79 Å². The van der Waals surface area contributed by atoms with Crippen LogP contribution in [0.5, 0.6) is 5.75 Å². The molecule has 31 heavy (non-hydrogen) atoms. The summed E-state index contributed by atoms with van der Waals surface area (Å²) in [5.41, 5.74) is 1.70. The summed E-state index contributed by atoms with van der Waals surface area (Å²) in [6, 6.07) is 14.5. The van der Waals surface area contributed by atoms with Crippen molar-refractivity contribution >= 4 is 17.8 Å². The molecule has 2 heterocycles. The molecule has 2 saturated heterocycles. The van der Waals surface area contributed by atoms with Gasteiger partial charge in [-0.05, 0) is 56.5 Å². The smallest absolute Gasteiger partial charge is 0.325 e. The Bertz CT molecular complexity index is 977. The minimum Gasteiger partial charge on any atom is -0.494 e. The van der Waals surface area contributed by atoms with Gasteiger partial charge in [0.1, 0.15) is 11.3 Å². The van der Waals surface area contributed by atoms with E-state index in [-0.39, 0.29) is 24.4 Å². The van der Waals surface area contributed by atoms with Crippen molar-refractivity contribution in [1.29, 1.82) is 0 Å². The van der Waals surface area contributed by atoms with Gasteiger partial charge in [0.2, 0.25) is 0 Å². The van der Waals surface area contributed by atoms with E-state index in [0.717, 1.165) is 16.9 Å². The van der Waals surface area contributed by atoms with Crippen LogP contribution in [-0.2, 0) is 11.3 Å². The van der Waals surface area contributed by atoms with E-state index >= 15 is 0 Å². The molecule has 0 unspecified atom stereocenters. The van der Waals surface area contributed by atoms with Gasteiger partial charge in [0.25, 0.3) is 11.8 Å². The summed E-state index contributed by atoms with van der Waals surface area (Å²) in [6.07, 6.45) is 0.815. The Morgan fingerprint density at radius 3 is 2.29 bits per heavy atom. The summed E-state index contributed by atoms with van der Waals surface area (Å²) in [5.74, 6) is 0.446. The van der Waals surface area contributed by atoms with Crippen LogP contribution in [0.3, 0.4) is 0 Å². The minimum atomic E-state index is -0.919. The number of hydrogen-bond acceptors (Lipinski definition) is 4. The third-order valence-electron chi connectivity index (χ3n) is 6.02. The molecule has 0 bridgehead atoms. The molecule has 2 aliphatic heterocycles. The van der Waals surface area contributed by atoms with Crippen molar-refractivity contribution in [1.82, 2.24) is 15.1 Å². The van der Waals surface area contributed by atoms with Crippen LogP contribution in [0.15, 0.2) is 48.5 Å². The third-order valence-corrected chi connectivity index (χ3v) is 6.02. The topological polar surface area (TPSA) is 79.0 Å². The molecule has 0 aliphatic carbocycles. The molecule has 0 saturated carbocycles. The van der Waals surface area contributed by atoms with Gasteiger partial charge >= 0.3 is 6.03 Å². The van der Waals surface area contributed by atoms with Gasteiger partial charge in [-0.2, -0.15) is 0 Å². The molecule has 4 rings (SSSR count). The Morgan fingerprint density at radius 2 is 1.68 bits per heavy atom. The highest BCUT2D eigenvalue weighted by Gasteiger charge is 2.52. The van der Waals surface area contributed by atoms with Crippen LogP contribution in [-0.4, -0.2) is 52.9 Å². The molecule has 162 valence electrons. The number of ether oxygens (including phenoxy) is 1. The second kappa shape index (κ2) is 8.41. The van der Waals surface area contributed by atoms with Gasteiger partial charge in [-0.15, -0.1) is 0 Å². The Kier molecular flexibility index (Phi) is 5.67. The van der Waals surface area contributed by atoms with E-state index < -0.39 is 5.54 Å². The van der Waals surface area contributed by atoms with E-state index in [2.05, 4.69) is 5.32 Å². The molecule has 0 radical (unpaired) electrons. The highest BCUT2D eigenvalue weighted by atomic mass is 16.5. The summed E-state index contributed by atoms with van der Waals surface area (Å²) in [5, 5.41) is 2.90. The summed E-state index contributed by atoms with van der Waals surface area (Å²) in [6.45, 7) is 5.55. The first kappa shape index (κ1) is 20.9. The standard InChI is InChI=1S/C24H27N3O4/c1-3-31-20-10-8-19(9-11-20)21(28)26-14-12-24(13-15-26)22(29)27(23(30)25-24)16-18-6-4-17(2)5-7-18/h4-11H,3,12-16H2,1-2H3,(H,25,30). The average Bonchev–Trinajstić information content (AvgIpc) is 3.00. The van der Waals surface area contributed by atoms with Gasteiger partial charge in [0, 0.05) is 18.7 Å². The van der Waals surface area contributed by atoms with Crippen molar-refractivity contribution in [3.05, 3.63) is 65.2 Å². The fraction of sp³-hybridized carbons (Fsp3) is 0.375. The molecular formula is C24H27N3O4. The van der Waals surface area contributed by atoms with Crippen molar-refractivity contribution in [2.24, 2.45) is 0 Å². The Labute approximate surface area is 182 Å². The molecule has 0 aromatic heterocycles. The maximum atomic E-state index is 13.1. The van der Waals surface area contributed by atoms with Crippen molar-refractivity contribution < 1.29 is 19.1 Å². The third kappa shape index (κ3) is 4.13. The maximum Gasteiger partial charge on any atom is 0.325 e. The second-order valence-corrected chi connectivity index (χ2v) is 8.14. The normalized spacial score (nSPS) is 17.7. The number of aryl methyl sites for hydroxylation is 1. The molecule has 4 amide bonds. The van der Waals surface area contributed by atoms with Crippen LogP contribution in [0, 0.1) is 6.92 Å². The lowest BCUT2D eigenvalue weighted by Crippen LogP contribution is -2.55. The molecule has 2 aliphatic rings. The molecule has 1 spiro atoms. The number of amides is 4. The minimum absolute atomic E-state index is 0.0776. The zero-order chi connectivity index (χ0) is 22.0. The van der Waals surface area contributed by atoms with Crippen LogP contribution < -0.4 is 10.1 Å². The van der Waals surface area contributed by atoms with Gasteiger partial charge in [-0.3, -0.25) is 14.5 Å². The van der Waals surface area contributed by atoms with Crippen molar-refractivity contribution in [2.75, 3.05) is 19.7 Å². The van der Waals surface area contributed by atoms with Gasteiger partial charge in [0.05, 0.1) is 13.2 Å². The van der Waals surface area contributed by atoms with E-state index in [4.69, 9.17) is 4.74 Å². The van der Waals surface area contributed by atoms with Gasteiger partial charge < -0.3 is 15.0 Å². The van der Waals surface area contributed by atoms with Crippen molar-refractivity contribution in [3.8, 4) is 5.75 Å². The number of urea groups is 1. The number of rotatable bonds is 5. The monoisotopic (exact) mass is 421 g/mol. The maximum absolute atomic E-state index is 13.1. The zero-order valence-electron chi connectivity index (χ0n) is 17.9.